The molecule has 5 fully saturated rings. The Kier molecular flexibility index (Phi) is 3.46. The number of carbonyl (C=O) groups excluding carboxylic acids is 1. The van der Waals surface area contributed by atoms with Gasteiger partial charge in [-0.3, -0.25) is 9.59 Å². The molecule has 1 saturated carbocycles. The van der Waals surface area contributed by atoms with Crippen LogP contribution in [-0.4, -0.2) is 72.1 Å². The van der Waals surface area contributed by atoms with Gasteiger partial charge < -0.3 is 20.2 Å². The van der Waals surface area contributed by atoms with Gasteiger partial charge in [0.25, 0.3) is 0 Å². The molecule has 0 spiro atoms. The topological polar surface area (TPSA) is 72.9 Å². The number of benzene rings is 1. The molecule has 4 saturated heterocycles. The van der Waals surface area contributed by atoms with E-state index < -0.39 is 11.4 Å². The first kappa shape index (κ1) is 16.3. The molecule has 1 aromatic rings. The normalized spacial score (nSPS) is 39.2. The van der Waals surface area contributed by atoms with E-state index in [-0.39, 0.29) is 17.4 Å². The number of hydrogen-bond donors (Lipinski definition) is 2. The smallest absolute Gasteiger partial charge is 0.319 e. The van der Waals surface area contributed by atoms with Crippen molar-refractivity contribution in [3.63, 3.8) is 0 Å². The van der Waals surface area contributed by atoms with Gasteiger partial charge in [0.05, 0.1) is 0 Å². The third-order valence-electron chi connectivity index (χ3n) is 7.03. The van der Waals surface area contributed by atoms with Gasteiger partial charge in [-0.15, -0.1) is 0 Å². The Hall–Kier alpha value is -1.92. The summed E-state index contributed by atoms with van der Waals surface area (Å²) in [5.74, 6) is -0.910. The van der Waals surface area contributed by atoms with Crippen molar-refractivity contribution in [1.29, 1.82) is 0 Å². The van der Waals surface area contributed by atoms with E-state index in [0.29, 0.717) is 18.8 Å². The van der Waals surface area contributed by atoms with Crippen molar-refractivity contribution in [2.75, 3.05) is 39.3 Å². The number of carboxylic acids is 1. The van der Waals surface area contributed by atoms with Crippen molar-refractivity contribution < 1.29 is 14.7 Å². The maximum atomic E-state index is 12.9. The second kappa shape index (κ2) is 5.54. The van der Waals surface area contributed by atoms with Crippen LogP contribution in [0, 0.1) is 11.3 Å². The summed E-state index contributed by atoms with van der Waals surface area (Å²) in [5.41, 5.74) is -0.0847. The third-order valence-corrected chi connectivity index (χ3v) is 7.03. The lowest BCUT2D eigenvalue weighted by molar-refractivity contribution is -0.150. The predicted molar refractivity (Wildman–Crippen MR) is 95.7 cm³/mol. The van der Waals surface area contributed by atoms with E-state index in [0.717, 1.165) is 39.3 Å². The fraction of sp³-hybridized carbons (Fsp3) is 0.600. The fourth-order valence-corrected chi connectivity index (χ4v) is 5.51. The quantitative estimate of drug-likeness (QED) is 0.771. The van der Waals surface area contributed by atoms with Crippen LogP contribution in [0.5, 0.6) is 0 Å². The minimum atomic E-state index is -1.18. The van der Waals surface area contributed by atoms with E-state index in [2.05, 4.69) is 39.4 Å². The fourth-order valence-electron chi connectivity index (χ4n) is 5.51. The average Bonchev–Trinajstić information content (AvgIpc) is 3.45. The zero-order valence-electron chi connectivity index (χ0n) is 14.9. The molecule has 6 rings (SSSR count). The number of fused-ring (bicyclic) bond motifs is 1. The van der Waals surface area contributed by atoms with Gasteiger partial charge in [-0.1, -0.05) is 30.3 Å². The Labute approximate surface area is 153 Å². The lowest BCUT2D eigenvalue weighted by Crippen LogP contribution is -2.71. The monoisotopic (exact) mass is 355 g/mol. The molecule has 0 aromatic heterocycles. The highest BCUT2D eigenvalue weighted by Gasteiger charge is 2.61. The first-order valence-corrected chi connectivity index (χ1v) is 9.58. The molecule has 6 heteroatoms. The molecular formula is C20H25N3O3. The summed E-state index contributed by atoms with van der Waals surface area (Å²) < 4.78 is 0. The summed E-state index contributed by atoms with van der Waals surface area (Å²) in [4.78, 5) is 29.6. The first-order chi connectivity index (χ1) is 12.5. The zero-order valence-corrected chi connectivity index (χ0v) is 14.9. The van der Waals surface area contributed by atoms with Crippen LogP contribution in [0.15, 0.2) is 30.3 Å². The summed E-state index contributed by atoms with van der Waals surface area (Å²) in [5, 5.41) is 12.7. The maximum absolute atomic E-state index is 12.9. The standard InChI is InChI=1S/C20H25N3O3/c24-17(19(6-7-19)18(25)26)21-16-14-10-22-8-9-23(11-14)13-20(16,12-22)15-4-2-1-3-5-15/h1-5,14,16H,6-13H2,(H,21,24)(H,25,26). The number of hydrogen-bond acceptors (Lipinski definition) is 4. The van der Waals surface area contributed by atoms with Gasteiger partial charge in [-0.05, 0) is 18.4 Å². The number of amides is 1. The van der Waals surface area contributed by atoms with Crippen LogP contribution in [0.1, 0.15) is 18.4 Å². The Morgan fingerprint density at radius 1 is 1.04 bits per heavy atom. The van der Waals surface area contributed by atoms with Gasteiger partial charge in [0, 0.05) is 56.6 Å². The van der Waals surface area contributed by atoms with Crippen LogP contribution in [0.2, 0.25) is 0 Å². The lowest BCUT2D eigenvalue weighted by atomic mass is 9.64. The minimum absolute atomic E-state index is 0.000162. The number of nitrogens with one attached hydrogen (secondary N) is 1. The molecule has 0 radical (unpaired) electrons. The molecule has 3 unspecified atom stereocenters. The second-order valence-corrected chi connectivity index (χ2v) is 8.59. The molecule has 3 atom stereocenters. The average molecular weight is 355 g/mol. The van der Waals surface area contributed by atoms with E-state index in [1.165, 1.54) is 5.56 Å². The van der Waals surface area contributed by atoms with E-state index in [1.807, 2.05) is 6.07 Å². The van der Waals surface area contributed by atoms with E-state index in [4.69, 9.17) is 0 Å². The molecule has 1 aromatic carbocycles. The highest BCUT2D eigenvalue weighted by molar-refractivity contribution is 6.05. The number of piperidine rings is 2. The van der Waals surface area contributed by atoms with Crippen LogP contribution < -0.4 is 5.32 Å². The van der Waals surface area contributed by atoms with Crippen molar-refractivity contribution in [3.05, 3.63) is 35.9 Å². The van der Waals surface area contributed by atoms with Crippen LogP contribution in [0.4, 0.5) is 0 Å². The molecular weight excluding hydrogens is 330 g/mol. The molecule has 26 heavy (non-hydrogen) atoms. The van der Waals surface area contributed by atoms with Crippen LogP contribution >= 0.6 is 0 Å². The number of nitrogens with zero attached hydrogens (tertiary/aromatic N) is 2. The highest BCUT2D eigenvalue weighted by Crippen LogP contribution is 2.48. The van der Waals surface area contributed by atoms with Crippen LogP contribution in [0.3, 0.4) is 0 Å². The number of aliphatic carboxylic acids is 1. The highest BCUT2D eigenvalue weighted by atomic mass is 16.4. The van der Waals surface area contributed by atoms with E-state index >= 15 is 0 Å². The van der Waals surface area contributed by atoms with Gasteiger partial charge in [-0.25, -0.2) is 0 Å². The van der Waals surface area contributed by atoms with Crippen LogP contribution in [0.25, 0.3) is 0 Å². The second-order valence-electron chi connectivity index (χ2n) is 8.59. The summed E-state index contributed by atoms with van der Waals surface area (Å²) in [6.45, 7) is 5.96. The molecule has 6 nitrogen and oxygen atoms in total. The molecule has 1 amide bonds. The Morgan fingerprint density at radius 2 is 1.65 bits per heavy atom. The van der Waals surface area contributed by atoms with Crippen molar-refractivity contribution in [1.82, 2.24) is 15.1 Å². The zero-order chi connectivity index (χ0) is 17.9. The largest absolute Gasteiger partial charge is 0.480 e. The summed E-state index contributed by atoms with van der Waals surface area (Å²) in [7, 11) is 0. The Morgan fingerprint density at radius 3 is 2.19 bits per heavy atom. The number of rotatable bonds is 4. The minimum Gasteiger partial charge on any atom is -0.480 e. The van der Waals surface area contributed by atoms with Crippen LogP contribution in [-0.2, 0) is 15.0 Å². The molecule has 4 aliphatic heterocycles. The number of carbonyl (C=O) groups is 2. The molecule has 138 valence electrons. The molecule has 4 heterocycles. The van der Waals surface area contributed by atoms with Crippen molar-refractivity contribution >= 4 is 11.9 Å². The van der Waals surface area contributed by atoms with E-state index in [1.54, 1.807) is 0 Å². The van der Waals surface area contributed by atoms with Gasteiger partial charge in [0.15, 0.2) is 0 Å². The Balaban J connectivity index is 1.53. The Bertz CT molecular complexity index is 730. The molecule has 5 aliphatic rings. The molecule has 4 bridgehead atoms. The van der Waals surface area contributed by atoms with Crippen molar-refractivity contribution in [2.24, 2.45) is 11.3 Å². The molecule has 2 N–H and O–H groups in total. The summed E-state index contributed by atoms with van der Waals surface area (Å²) in [6.07, 6.45) is 0.921. The van der Waals surface area contributed by atoms with Crippen molar-refractivity contribution in [2.45, 2.75) is 24.3 Å². The maximum Gasteiger partial charge on any atom is 0.319 e. The molecule has 1 aliphatic carbocycles. The number of carboxylic acid groups (broad SMARTS) is 1. The van der Waals surface area contributed by atoms with E-state index in [9.17, 15) is 14.7 Å². The van der Waals surface area contributed by atoms with Gasteiger partial charge in [0.2, 0.25) is 5.91 Å². The first-order valence-electron chi connectivity index (χ1n) is 9.58. The predicted octanol–water partition coefficient (Wildman–Crippen LogP) is 0.535. The third kappa shape index (κ3) is 2.25. The van der Waals surface area contributed by atoms with Gasteiger partial charge >= 0.3 is 5.97 Å². The summed E-state index contributed by atoms with van der Waals surface area (Å²) in [6, 6.07) is 10.5. The summed E-state index contributed by atoms with van der Waals surface area (Å²) >= 11 is 0. The van der Waals surface area contributed by atoms with Gasteiger partial charge in [0.1, 0.15) is 5.41 Å². The lowest BCUT2D eigenvalue weighted by Gasteiger charge is -2.56. The van der Waals surface area contributed by atoms with Crippen molar-refractivity contribution in [3.8, 4) is 0 Å². The van der Waals surface area contributed by atoms with Gasteiger partial charge in [-0.2, -0.15) is 0 Å². The SMILES string of the molecule is O=C(O)C1(C(=O)NC2C3CN4CCN(C3)CC2(c2ccccc2)C4)CC1.